The molecule has 0 fully saturated rings. The molecule has 0 saturated heterocycles. The number of methoxy groups -OCH3 is 1. The molecule has 132 valence electrons. The second-order valence-electron chi connectivity index (χ2n) is 5.83. The molecule has 0 amide bonds. The van der Waals surface area contributed by atoms with Gasteiger partial charge in [-0.15, -0.1) is 0 Å². The molecule has 1 aliphatic heterocycles. The first-order valence-corrected chi connectivity index (χ1v) is 9.32. The molecule has 0 aliphatic carbocycles. The van der Waals surface area contributed by atoms with Gasteiger partial charge in [0.2, 0.25) is 5.75 Å². The van der Waals surface area contributed by atoms with Gasteiger partial charge >= 0.3 is 10.1 Å². The Labute approximate surface area is 151 Å². The van der Waals surface area contributed by atoms with Gasteiger partial charge in [0.25, 0.3) is 0 Å². The second kappa shape index (κ2) is 6.03. The zero-order valence-electron chi connectivity index (χ0n) is 14.2. The normalized spacial score (nSPS) is 13.1. The van der Waals surface area contributed by atoms with Crippen molar-refractivity contribution in [3.05, 3.63) is 60.6 Å². The summed E-state index contributed by atoms with van der Waals surface area (Å²) in [6, 6.07) is 11.6. The highest BCUT2D eigenvalue weighted by molar-refractivity contribution is 7.87. The minimum absolute atomic E-state index is 0.0785. The number of hydrogen-bond acceptors (Lipinski definition) is 6. The fourth-order valence-corrected chi connectivity index (χ4v) is 3.97. The van der Waals surface area contributed by atoms with Crippen LogP contribution in [0.5, 0.6) is 11.5 Å². The molecule has 3 aromatic rings. The Hall–Kier alpha value is -3.06. The van der Waals surface area contributed by atoms with Crippen molar-refractivity contribution < 1.29 is 17.3 Å². The Morgan fingerprint density at radius 2 is 1.88 bits per heavy atom. The number of hydrogen-bond donors (Lipinski definition) is 0. The minimum atomic E-state index is -4.01. The fraction of sp³-hybridized carbons (Fsp3) is 0.105. The Kier molecular flexibility index (Phi) is 3.81. The SMILES string of the molecule is COc1cc2ccnc3c2c(c1OS(=O)(=O)c1ccccc1)N(C)C=C3. The number of pyridine rings is 1. The van der Waals surface area contributed by atoms with Gasteiger partial charge in [-0.2, -0.15) is 8.42 Å². The molecular weight excluding hydrogens is 352 g/mol. The molecule has 2 aromatic carbocycles. The van der Waals surface area contributed by atoms with Crippen LogP contribution in [0.15, 0.2) is 59.8 Å². The van der Waals surface area contributed by atoms with Crippen LogP contribution in [0.25, 0.3) is 16.8 Å². The van der Waals surface area contributed by atoms with Gasteiger partial charge in [0, 0.05) is 24.8 Å². The lowest BCUT2D eigenvalue weighted by Gasteiger charge is -2.25. The summed E-state index contributed by atoms with van der Waals surface area (Å²) in [5, 5.41) is 1.71. The molecule has 7 heteroatoms. The highest BCUT2D eigenvalue weighted by Crippen LogP contribution is 2.47. The summed E-state index contributed by atoms with van der Waals surface area (Å²) >= 11 is 0. The van der Waals surface area contributed by atoms with Crippen molar-refractivity contribution in [2.24, 2.45) is 0 Å². The van der Waals surface area contributed by atoms with E-state index in [2.05, 4.69) is 4.98 Å². The molecule has 4 rings (SSSR count). The summed E-state index contributed by atoms with van der Waals surface area (Å²) in [6.45, 7) is 0. The molecule has 1 aliphatic rings. The topological polar surface area (TPSA) is 68.7 Å². The number of rotatable bonds is 4. The van der Waals surface area contributed by atoms with Crippen LogP contribution >= 0.6 is 0 Å². The average Bonchev–Trinajstić information content (AvgIpc) is 2.66. The lowest BCUT2D eigenvalue weighted by Crippen LogP contribution is -2.17. The Morgan fingerprint density at radius 3 is 2.62 bits per heavy atom. The summed E-state index contributed by atoms with van der Waals surface area (Å²) in [5.41, 5.74) is 1.35. The Morgan fingerprint density at radius 1 is 1.12 bits per heavy atom. The van der Waals surface area contributed by atoms with Gasteiger partial charge in [-0.1, -0.05) is 18.2 Å². The lowest BCUT2D eigenvalue weighted by molar-refractivity contribution is 0.391. The van der Waals surface area contributed by atoms with E-state index in [0.717, 1.165) is 16.5 Å². The lowest BCUT2D eigenvalue weighted by atomic mass is 10.0. The molecule has 26 heavy (non-hydrogen) atoms. The molecule has 0 radical (unpaired) electrons. The molecule has 2 heterocycles. The monoisotopic (exact) mass is 368 g/mol. The third-order valence-electron chi connectivity index (χ3n) is 4.23. The summed E-state index contributed by atoms with van der Waals surface area (Å²) in [7, 11) is -0.706. The van der Waals surface area contributed by atoms with Gasteiger partial charge < -0.3 is 13.8 Å². The minimum Gasteiger partial charge on any atom is -0.493 e. The molecule has 1 aromatic heterocycles. The summed E-state index contributed by atoms with van der Waals surface area (Å²) < 4.78 is 36.5. The van der Waals surface area contributed by atoms with E-state index >= 15 is 0 Å². The van der Waals surface area contributed by atoms with E-state index in [1.165, 1.54) is 19.2 Å². The number of benzene rings is 2. The predicted octanol–water partition coefficient (Wildman–Crippen LogP) is 3.43. The van der Waals surface area contributed by atoms with Crippen molar-refractivity contribution >= 4 is 32.7 Å². The molecular formula is C19H16N2O4S. The summed E-state index contributed by atoms with van der Waals surface area (Å²) in [6.07, 6.45) is 5.39. The largest absolute Gasteiger partial charge is 0.493 e. The van der Waals surface area contributed by atoms with Crippen molar-refractivity contribution in [3.8, 4) is 11.5 Å². The molecule has 0 saturated carbocycles. The van der Waals surface area contributed by atoms with Crippen LogP contribution in [-0.2, 0) is 10.1 Å². The van der Waals surface area contributed by atoms with Gasteiger partial charge in [0.15, 0.2) is 5.75 Å². The highest BCUT2D eigenvalue weighted by atomic mass is 32.2. The van der Waals surface area contributed by atoms with E-state index in [1.54, 1.807) is 35.4 Å². The zero-order valence-corrected chi connectivity index (χ0v) is 15.0. The summed E-state index contributed by atoms with van der Waals surface area (Å²) in [4.78, 5) is 6.24. The van der Waals surface area contributed by atoms with Gasteiger partial charge in [0.05, 0.1) is 18.5 Å². The first-order valence-electron chi connectivity index (χ1n) is 7.91. The molecule has 0 atom stereocenters. The van der Waals surface area contributed by atoms with Gasteiger partial charge in [-0.05, 0) is 35.7 Å². The molecule has 6 nitrogen and oxygen atoms in total. The quantitative estimate of drug-likeness (QED) is 0.657. The van der Waals surface area contributed by atoms with Crippen LogP contribution in [0.2, 0.25) is 0 Å². The van der Waals surface area contributed by atoms with Gasteiger partial charge in [-0.25, -0.2) is 0 Å². The van der Waals surface area contributed by atoms with Crippen LogP contribution in [0.3, 0.4) is 0 Å². The van der Waals surface area contributed by atoms with Crippen LogP contribution < -0.4 is 13.8 Å². The van der Waals surface area contributed by atoms with Crippen molar-refractivity contribution in [1.29, 1.82) is 0 Å². The second-order valence-corrected chi connectivity index (χ2v) is 7.37. The fourth-order valence-electron chi connectivity index (χ4n) is 3.01. The van der Waals surface area contributed by atoms with Crippen LogP contribution in [-0.4, -0.2) is 27.6 Å². The van der Waals surface area contributed by atoms with E-state index < -0.39 is 10.1 Å². The standard InChI is InChI=1S/C19H16N2O4S/c1-21-11-9-15-17-13(8-10-20-15)12-16(24-2)19(18(17)21)25-26(22,23)14-6-4-3-5-7-14/h3-12H,1-2H3. The van der Waals surface area contributed by atoms with Crippen molar-refractivity contribution in [3.63, 3.8) is 0 Å². The van der Waals surface area contributed by atoms with Crippen LogP contribution in [0, 0.1) is 0 Å². The van der Waals surface area contributed by atoms with E-state index in [0.29, 0.717) is 11.4 Å². The molecule has 0 bridgehead atoms. The smallest absolute Gasteiger partial charge is 0.339 e. The average molecular weight is 368 g/mol. The number of aromatic nitrogens is 1. The first-order chi connectivity index (χ1) is 12.5. The van der Waals surface area contributed by atoms with E-state index in [9.17, 15) is 8.42 Å². The Balaban J connectivity index is 1.96. The van der Waals surface area contributed by atoms with E-state index in [-0.39, 0.29) is 10.6 Å². The van der Waals surface area contributed by atoms with Gasteiger partial charge in [-0.3, -0.25) is 4.98 Å². The van der Waals surface area contributed by atoms with Crippen molar-refractivity contribution in [2.45, 2.75) is 4.90 Å². The predicted molar refractivity (Wildman–Crippen MR) is 100.0 cm³/mol. The number of ether oxygens (including phenoxy) is 1. The third kappa shape index (κ3) is 2.57. The van der Waals surface area contributed by atoms with Crippen LogP contribution in [0.1, 0.15) is 5.69 Å². The maximum atomic E-state index is 12.8. The van der Waals surface area contributed by atoms with Crippen molar-refractivity contribution in [2.75, 3.05) is 19.1 Å². The number of nitrogens with zero attached hydrogens (tertiary/aromatic N) is 2. The van der Waals surface area contributed by atoms with Gasteiger partial charge in [0.1, 0.15) is 4.90 Å². The number of anilines is 1. The highest BCUT2D eigenvalue weighted by Gasteiger charge is 2.27. The van der Waals surface area contributed by atoms with E-state index in [1.807, 2.05) is 25.4 Å². The maximum absolute atomic E-state index is 12.8. The molecule has 0 spiro atoms. The first kappa shape index (κ1) is 16.4. The van der Waals surface area contributed by atoms with Crippen LogP contribution in [0.4, 0.5) is 5.69 Å². The molecule has 0 N–H and O–H groups in total. The molecule has 0 unspecified atom stereocenters. The zero-order chi connectivity index (χ0) is 18.3. The maximum Gasteiger partial charge on any atom is 0.339 e. The third-order valence-corrected chi connectivity index (χ3v) is 5.46. The Bertz CT molecular complexity index is 1130. The van der Waals surface area contributed by atoms with E-state index in [4.69, 9.17) is 8.92 Å². The summed E-state index contributed by atoms with van der Waals surface area (Å²) in [5.74, 6) is 0.483. The van der Waals surface area contributed by atoms with Crippen molar-refractivity contribution in [1.82, 2.24) is 4.98 Å².